The van der Waals surface area contributed by atoms with Crippen LogP contribution in [0, 0.1) is 0 Å². The van der Waals surface area contributed by atoms with E-state index in [1.165, 1.54) is 25.1 Å². The van der Waals surface area contributed by atoms with Gasteiger partial charge in [-0.1, -0.05) is 28.1 Å². The number of carbonyl (C=O) groups excluding carboxylic acids is 2. The Morgan fingerprint density at radius 3 is 2.50 bits per heavy atom. The van der Waals surface area contributed by atoms with Crippen LogP contribution in [0.15, 0.2) is 23.1 Å². The van der Waals surface area contributed by atoms with Crippen molar-refractivity contribution < 1.29 is 22.8 Å². The van der Waals surface area contributed by atoms with Gasteiger partial charge in [-0.15, -0.1) is 0 Å². The van der Waals surface area contributed by atoms with Crippen LogP contribution in [0.1, 0.15) is 27.7 Å². The number of Topliss-reactive ketones (excluding diaryl/α,β-unsaturated/α-hetero) is 1. The molecular formula is C11H8BrF3O2S. The maximum atomic E-state index is 12.4. The molecule has 7 heteroatoms. The summed E-state index contributed by atoms with van der Waals surface area (Å²) in [6, 6.07) is 3.96. The van der Waals surface area contributed by atoms with Crippen molar-refractivity contribution in [3.05, 3.63) is 29.3 Å². The quantitative estimate of drug-likeness (QED) is 0.469. The SMILES string of the molecule is CC(=O)C(Br)c1c(C=O)cccc1SC(F)(F)F. The minimum absolute atomic E-state index is 0.0577. The number of aldehydes is 1. The summed E-state index contributed by atoms with van der Waals surface area (Å²) in [7, 11) is 0. The normalized spacial score (nSPS) is 13.2. The molecule has 0 amide bonds. The van der Waals surface area contributed by atoms with Gasteiger partial charge in [0.2, 0.25) is 0 Å². The fourth-order valence-corrected chi connectivity index (χ4v) is 2.76. The van der Waals surface area contributed by atoms with E-state index in [9.17, 15) is 22.8 Å². The van der Waals surface area contributed by atoms with Gasteiger partial charge in [-0.25, -0.2) is 0 Å². The Labute approximate surface area is 114 Å². The molecule has 0 fully saturated rings. The molecule has 98 valence electrons. The smallest absolute Gasteiger partial charge is 0.298 e. The molecule has 0 spiro atoms. The topological polar surface area (TPSA) is 34.1 Å². The van der Waals surface area contributed by atoms with Crippen LogP contribution in [0.4, 0.5) is 13.2 Å². The van der Waals surface area contributed by atoms with Crippen LogP contribution in [0.25, 0.3) is 0 Å². The highest BCUT2D eigenvalue weighted by Crippen LogP contribution is 2.42. The molecule has 0 saturated heterocycles. The molecule has 1 aromatic carbocycles. The van der Waals surface area contributed by atoms with Crippen LogP contribution in [0.2, 0.25) is 0 Å². The van der Waals surface area contributed by atoms with Crippen molar-refractivity contribution in [3.8, 4) is 0 Å². The summed E-state index contributed by atoms with van der Waals surface area (Å²) in [5, 5.41) is 0. The number of alkyl halides is 4. The lowest BCUT2D eigenvalue weighted by Crippen LogP contribution is -2.08. The van der Waals surface area contributed by atoms with Gasteiger partial charge in [0, 0.05) is 10.5 Å². The van der Waals surface area contributed by atoms with Gasteiger partial charge in [0.15, 0.2) is 0 Å². The third kappa shape index (κ3) is 3.84. The van der Waals surface area contributed by atoms with E-state index in [0.717, 1.165) is 0 Å². The summed E-state index contributed by atoms with van der Waals surface area (Å²) in [6.45, 7) is 1.24. The van der Waals surface area contributed by atoms with Crippen LogP contribution in [0.5, 0.6) is 0 Å². The van der Waals surface area contributed by atoms with Gasteiger partial charge in [0.05, 0.1) is 4.83 Å². The van der Waals surface area contributed by atoms with Gasteiger partial charge in [-0.2, -0.15) is 13.2 Å². The van der Waals surface area contributed by atoms with Crippen LogP contribution >= 0.6 is 27.7 Å². The first-order valence-electron chi connectivity index (χ1n) is 4.74. The van der Waals surface area contributed by atoms with E-state index in [1.54, 1.807) is 0 Å². The van der Waals surface area contributed by atoms with Crippen molar-refractivity contribution in [1.29, 1.82) is 0 Å². The van der Waals surface area contributed by atoms with E-state index in [-0.39, 0.29) is 33.6 Å². The Hall–Kier alpha value is -0.820. The molecule has 0 aliphatic carbocycles. The fourth-order valence-electron chi connectivity index (χ4n) is 1.35. The van der Waals surface area contributed by atoms with Crippen LogP contribution < -0.4 is 0 Å². The number of thioether (sulfide) groups is 1. The fraction of sp³-hybridized carbons (Fsp3) is 0.273. The van der Waals surface area contributed by atoms with Gasteiger partial charge in [0.1, 0.15) is 12.1 Å². The first-order valence-corrected chi connectivity index (χ1v) is 6.48. The first kappa shape index (κ1) is 15.2. The summed E-state index contributed by atoms with van der Waals surface area (Å²) in [6.07, 6.45) is 0.437. The zero-order valence-electron chi connectivity index (χ0n) is 9.12. The van der Waals surface area contributed by atoms with Crippen LogP contribution in [-0.4, -0.2) is 17.6 Å². The number of carbonyl (C=O) groups is 2. The molecule has 0 saturated carbocycles. The second-order valence-electron chi connectivity index (χ2n) is 3.40. The molecule has 1 atom stereocenters. The third-order valence-electron chi connectivity index (χ3n) is 2.06. The molecule has 0 bridgehead atoms. The van der Waals surface area contributed by atoms with Crippen LogP contribution in [-0.2, 0) is 4.79 Å². The summed E-state index contributed by atoms with van der Waals surface area (Å²) < 4.78 is 37.2. The van der Waals surface area contributed by atoms with Crippen molar-refractivity contribution in [2.75, 3.05) is 0 Å². The van der Waals surface area contributed by atoms with Crippen molar-refractivity contribution in [2.24, 2.45) is 0 Å². The maximum Gasteiger partial charge on any atom is 0.446 e. The number of benzene rings is 1. The average Bonchev–Trinajstić information content (AvgIpc) is 2.25. The second kappa shape index (κ2) is 5.88. The Morgan fingerprint density at radius 1 is 1.44 bits per heavy atom. The molecule has 18 heavy (non-hydrogen) atoms. The molecular weight excluding hydrogens is 333 g/mol. The lowest BCUT2D eigenvalue weighted by molar-refractivity contribution is -0.116. The van der Waals surface area contributed by atoms with E-state index in [0.29, 0.717) is 6.29 Å². The van der Waals surface area contributed by atoms with E-state index in [1.807, 2.05) is 0 Å². The summed E-state index contributed by atoms with van der Waals surface area (Å²) >= 11 is 2.67. The Balaban J connectivity index is 3.33. The van der Waals surface area contributed by atoms with Crippen molar-refractivity contribution >= 4 is 39.8 Å². The van der Waals surface area contributed by atoms with Crippen molar-refractivity contribution in [2.45, 2.75) is 22.2 Å². The Morgan fingerprint density at radius 2 is 2.06 bits per heavy atom. The first-order chi connectivity index (χ1) is 8.26. The van der Waals surface area contributed by atoms with E-state index in [2.05, 4.69) is 15.9 Å². The molecule has 0 aliphatic rings. The third-order valence-corrected chi connectivity index (χ3v) is 3.97. The molecule has 2 nitrogen and oxygen atoms in total. The predicted molar refractivity (Wildman–Crippen MR) is 66.1 cm³/mol. The molecule has 0 aliphatic heterocycles. The highest BCUT2D eigenvalue weighted by Gasteiger charge is 2.32. The number of hydrogen-bond acceptors (Lipinski definition) is 3. The molecule has 1 unspecified atom stereocenters. The summed E-state index contributed by atoms with van der Waals surface area (Å²) in [4.78, 5) is 21.1. The van der Waals surface area contributed by atoms with Gasteiger partial charge in [-0.05, 0) is 30.3 Å². The standard InChI is InChI=1S/C11H8BrF3O2S/c1-6(17)10(12)9-7(5-16)3-2-4-8(9)18-11(13,14)15/h2-5,10H,1H3. The van der Waals surface area contributed by atoms with E-state index in [4.69, 9.17) is 0 Å². The van der Waals surface area contributed by atoms with Gasteiger partial charge in [0.25, 0.3) is 0 Å². The molecule has 0 N–H and O–H groups in total. The lowest BCUT2D eigenvalue weighted by atomic mass is 10.0. The zero-order chi connectivity index (χ0) is 13.9. The lowest BCUT2D eigenvalue weighted by Gasteiger charge is -2.15. The van der Waals surface area contributed by atoms with Gasteiger partial charge < -0.3 is 0 Å². The number of ketones is 1. The van der Waals surface area contributed by atoms with Crippen LogP contribution in [0.3, 0.4) is 0 Å². The van der Waals surface area contributed by atoms with E-state index < -0.39 is 10.3 Å². The number of rotatable bonds is 4. The predicted octanol–water partition coefficient (Wildman–Crippen LogP) is 4.14. The highest BCUT2D eigenvalue weighted by molar-refractivity contribution is 9.09. The second-order valence-corrected chi connectivity index (χ2v) is 5.42. The summed E-state index contributed by atoms with van der Waals surface area (Å²) in [5.74, 6) is -0.367. The van der Waals surface area contributed by atoms with E-state index >= 15 is 0 Å². The maximum absolute atomic E-state index is 12.4. The molecule has 1 aromatic rings. The Bertz CT molecular complexity index is 474. The van der Waals surface area contributed by atoms with Crippen molar-refractivity contribution in [3.63, 3.8) is 0 Å². The minimum Gasteiger partial charge on any atom is -0.298 e. The molecule has 0 radical (unpaired) electrons. The molecule has 1 rings (SSSR count). The molecule has 0 aromatic heterocycles. The monoisotopic (exact) mass is 340 g/mol. The highest BCUT2D eigenvalue weighted by atomic mass is 79.9. The van der Waals surface area contributed by atoms with Crippen molar-refractivity contribution in [1.82, 2.24) is 0 Å². The minimum atomic E-state index is -4.47. The van der Waals surface area contributed by atoms with Gasteiger partial charge >= 0.3 is 5.51 Å². The Kier molecular flexibility index (Phi) is 4.98. The number of halogens is 4. The van der Waals surface area contributed by atoms with Gasteiger partial charge in [-0.3, -0.25) is 9.59 Å². The average molecular weight is 341 g/mol. The largest absolute Gasteiger partial charge is 0.446 e. The number of hydrogen-bond donors (Lipinski definition) is 0. The zero-order valence-corrected chi connectivity index (χ0v) is 11.5. The summed E-state index contributed by atoms with van der Waals surface area (Å²) in [5.41, 5.74) is -4.34. The molecule has 0 heterocycles.